The minimum Gasteiger partial charge on any atom is -0.350 e. The lowest BCUT2D eigenvalue weighted by Gasteiger charge is -2.16. The quantitative estimate of drug-likeness (QED) is 0.726. The Balaban J connectivity index is 2.06. The van der Waals surface area contributed by atoms with Gasteiger partial charge in [0, 0.05) is 10.9 Å². The van der Waals surface area contributed by atoms with E-state index in [1.807, 2.05) is 57.2 Å². The number of benzene rings is 2. The lowest BCUT2D eigenvalue weighted by atomic mass is 10.1. The molecule has 0 aliphatic heterocycles. The van der Waals surface area contributed by atoms with Gasteiger partial charge in [0.15, 0.2) is 0 Å². The van der Waals surface area contributed by atoms with Gasteiger partial charge in [-0.05, 0) is 44.5 Å². The number of rotatable bonds is 7. The van der Waals surface area contributed by atoms with Crippen LogP contribution in [0, 0.1) is 0 Å². The number of carbonyl (C=O) groups is 2. The van der Waals surface area contributed by atoms with Gasteiger partial charge in [0.25, 0.3) is 5.91 Å². The van der Waals surface area contributed by atoms with E-state index in [1.54, 1.807) is 18.2 Å². The molecule has 0 heterocycles. The van der Waals surface area contributed by atoms with Crippen molar-refractivity contribution < 1.29 is 9.59 Å². The first-order valence-corrected chi connectivity index (χ1v) is 9.31. The first-order chi connectivity index (χ1) is 12.0. The summed E-state index contributed by atoms with van der Waals surface area (Å²) in [5, 5.41) is 5.54. The van der Waals surface area contributed by atoms with Gasteiger partial charge in [0.05, 0.1) is 16.5 Å². The van der Waals surface area contributed by atoms with Gasteiger partial charge in [-0.25, -0.2) is 0 Å². The first kappa shape index (κ1) is 19.1. The van der Waals surface area contributed by atoms with Gasteiger partial charge in [-0.15, -0.1) is 11.8 Å². The molecule has 0 saturated heterocycles. The number of carbonyl (C=O) groups excluding carboxylic acids is 2. The topological polar surface area (TPSA) is 58.2 Å². The van der Waals surface area contributed by atoms with E-state index < -0.39 is 0 Å². The molecule has 2 atom stereocenters. The Kier molecular flexibility index (Phi) is 7.07. The fourth-order valence-corrected chi connectivity index (χ4v) is 3.07. The molecule has 5 heteroatoms. The highest BCUT2D eigenvalue weighted by Gasteiger charge is 2.18. The molecule has 132 valence electrons. The van der Waals surface area contributed by atoms with Crippen LogP contribution in [-0.4, -0.2) is 23.1 Å². The number of thioether (sulfide) groups is 1. The van der Waals surface area contributed by atoms with Crippen LogP contribution in [0.4, 0.5) is 5.69 Å². The molecule has 2 N–H and O–H groups in total. The summed E-state index contributed by atoms with van der Waals surface area (Å²) in [6.45, 7) is 5.83. The number of hydrogen-bond donors (Lipinski definition) is 2. The van der Waals surface area contributed by atoms with Crippen LogP contribution >= 0.6 is 11.8 Å². The average Bonchev–Trinajstić information content (AvgIpc) is 2.62. The Morgan fingerprint density at radius 1 is 1.00 bits per heavy atom. The van der Waals surface area contributed by atoms with Gasteiger partial charge in [-0.3, -0.25) is 9.59 Å². The minimum atomic E-state index is -0.270. The summed E-state index contributed by atoms with van der Waals surface area (Å²) in [5.41, 5.74) is 1.02. The van der Waals surface area contributed by atoms with E-state index in [1.165, 1.54) is 11.8 Å². The second-order valence-corrected chi connectivity index (χ2v) is 7.30. The molecule has 4 nitrogen and oxygen atoms in total. The van der Waals surface area contributed by atoms with Gasteiger partial charge in [0.2, 0.25) is 5.91 Å². The molecule has 0 saturated carbocycles. The summed E-state index contributed by atoms with van der Waals surface area (Å²) in [4.78, 5) is 26.0. The molecule has 0 unspecified atom stereocenters. The van der Waals surface area contributed by atoms with Gasteiger partial charge in [0.1, 0.15) is 0 Å². The van der Waals surface area contributed by atoms with Crippen molar-refractivity contribution in [3.8, 4) is 0 Å². The molecule has 2 amide bonds. The summed E-state index contributed by atoms with van der Waals surface area (Å²) in [6, 6.07) is 17.0. The Bertz CT molecular complexity index is 719. The normalized spacial score (nSPS) is 12.9. The third kappa shape index (κ3) is 5.64. The van der Waals surface area contributed by atoms with Crippen LogP contribution in [-0.2, 0) is 4.79 Å². The van der Waals surface area contributed by atoms with Crippen LogP contribution in [0.3, 0.4) is 0 Å². The number of amides is 2. The predicted molar refractivity (Wildman–Crippen MR) is 104 cm³/mol. The van der Waals surface area contributed by atoms with Crippen molar-refractivity contribution in [1.82, 2.24) is 5.32 Å². The summed E-state index contributed by atoms with van der Waals surface area (Å²) in [7, 11) is 0. The highest BCUT2D eigenvalue weighted by molar-refractivity contribution is 8.00. The van der Waals surface area contributed by atoms with E-state index in [2.05, 4.69) is 10.6 Å². The lowest BCUT2D eigenvalue weighted by molar-refractivity contribution is -0.115. The summed E-state index contributed by atoms with van der Waals surface area (Å²) in [6.07, 6.45) is 0.852. The smallest absolute Gasteiger partial charge is 0.253 e. The molecular weight excluding hydrogens is 332 g/mol. The standard InChI is InChI=1S/C20H24N2O2S/c1-4-14(2)21-20(24)17-12-8-9-13-18(17)22-19(23)15(3)25-16-10-6-5-7-11-16/h5-15H,4H2,1-3H3,(H,21,24)(H,22,23)/t14-,15+/m1/s1. The van der Waals surface area contributed by atoms with E-state index in [0.717, 1.165) is 11.3 Å². The molecule has 0 radical (unpaired) electrons. The molecule has 2 aromatic rings. The average molecular weight is 356 g/mol. The summed E-state index contributed by atoms with van der Waals surface area (Å²) >= 11 is 1.49. The third-order valence-electron chi connectivity index (χ3n) is 3.84. The van der Waals surface area contributed by atoms with Crippen LogP contribution in [0.15, 0.2) is 59.5 Å². The molecule has 2 aromatic carbocycles. The molecular formula is C20H24N2O2S. The van der Waals surface area contributed by atoms with E-state index in [-0.39, 0.29) is 23.1 Å². The van der Waals surface area contributed by atoms with E-state index in [9.17, 15) is 9.59 Å². The molecule has 0 aliphatic carbocycles. The zero-order valence-corrected chi connectivity index (χ0v) is 15.6. The van der Waals surface area contributed by atoms with E-state index >= 15 is 0 Å². The lowest BCUT2D eigenvalue weighted by Crippen LogP contribution is -2.33. The Hall–Kier alpha value is -2.27. The largest absolute Gasteiger partial charge is 0.350 e. The maximum atomic E-state index is 12.5. The van der Waals surface area contributed by atoms with Crippen molar-refractivity contribution in [2.24, 2.45) is 0 Å². The van der Waals surface area contributed by atoms with Crippen LogP contribution in [0.25, 0.3) is 0 Å². The fourth-order valence-electron chi connectivity index (χ4n) is 2.18. The van der Waals surface area contributed by atoms with Crippen molar-refractivity contribution in [3.63, 3.8) is 0 Å². The molecule has 0 fully saturated rings. The van der Waals surface area contributed by atoms with Gasteiger partial charge >= 0.3 is 0 Å². The second-order valence-electron chi connectivity index (χ2n) is 5.89. The SMILES string of the molecule is CC[C@@H](C)NC(=O)c1ccccc1NC(=O)[C@H](C)Sc1ccccc1. The van der Waals surface area contributed by atoms with Crippen molar-refractivity contribution in [3.05, 3.63) is 60.2 Å². The Morgan fingerprint density at radius 2 is 1.64 bits per heavy atom. The number of hydrogen-bond acceptors (Lipinski definition) is 3. The Morgan fingerprint density at radius 3 is 2.32 bits per heavy atom. The van der Waals surface area contributed by atoms with Gasteiger partial charge < -0.3 is 10.6 Å². The van der Waals surface area contributed by atoms with E-state index in [0.29, 0.717) is 11.3 Å². The minimum absolute atomic E-state index is 0.0869. The summed E-state index contributed by atoms with van der Waals surface area (Å²) in [5.74, 6) is -0.300. The highest BCUT2D eigenvalue weighted by atomic mass is 32.2. The van der Waals surface area contributed by atoms with Gasteiger partial charge in [-0.1, -0.05) is 37.3 Å². The van der Waals surface area contributed by atoms with Crippen LogP contribution in [0.5, 0.6) is 0 Å². The fraction of sp³-hybridized carbons (Fsp3) is 0.300. The first-order valence-electron chi connectivity index (χ1n) is 8.43. The van der Waals surface area contributed by atoms with Crippen LogP contribution < -0.4 is 10.6 Å². The zero-order valence-electron chi connectivity index (χ0n) is 14.8. The monoisotopic (exact) mass is 356 g/mol. The third-order valence-corrected chi connectivity index (χ3v) is 4.96. The van der Waals surface area contributed by atoms with Crippen molar-refractivity contribution in [2.45, 2.75) is 43.4 Å². The van der Waals surface area contributed by atoms with Crippen LogP contribution in [0.1, 0.15) is 37.6 Å². The number of para-hydroxylation sites is 1. The van der Waals surface area contributed by atoms with Crippen molar-refractivity contribution in [1.29, 1.82) is 0 Å². The molecule has 0 aliphatic rings. The van der Waals surface area contributed by atoms with Crippen molar-refractivity contribution >= 4 is 29.3 Å². The van der Waals surface area contributed by atoms with Gasteiger partial charge in [-0.2, -0.15) is 0 Å². The highest BCUT2D eigenvalue weighted by Crippen LogP contribution is 2.24. The summed E-state index contributed by atoms with van der Waals surface area (Å²) < 4.78 is 0. The molecule has 0 spiro atoms. The maximum Gasteiger partial charge on any atom is 0.253 e. The molecule has 2 rings (SSSR count). The maximum absolute atomic E-state index is 12.5. The molecule has 25 heavy (non-hydrogen) atoms. The number of nitrogens with one attached hydrogen (secondary N) is 2. The second kappa shape index (κ2) is 9.28. The zero-order chi connectivity index (χ0) is 18.2. The predicted octanol–water partition coefficient (Wildman–Crippen LogP) is 4.33. The molecule has 0 aromatic heterocycles. The van der Waals surface area contributed by atoms with E-state index in [4.69, 9.17) is 0 Å². The number of anilines is 1. The van der Waals surface area contributed by atoms with Crippen LogP contribution in [0.2, 0.25) is 0 Å². The van der Waals surface area contributed by atoms with Crippen molar-refractivity contribution in [2.75, 3.05) is 5.32 Å². The Labute approximate surface area is 153 Å². The molecule has 0 bridgehead atoms.